The number of hydrogen-bond donors (Lipinski definition) is 2. The minimum absolute atomic E-state index is 0. The number of pyridine rings is 1. The van der Waals surface area contributed by atoms with Gasteiger partial charge in [0.15, 0.2) is 11.4 Å². The molecular weight excluding hydrogens is 454 g/mol. The molecule has 0 aliphatic heterocycles. The van der Waals surface area contributed by atoms with Gasteiger partial charge in [-0.1, -0.05) is 13.0 Å². The van der Waals surface area contributed by atoms with Crippen LogP contribution >= 0.6 is 12.4 Å². The number of carbonyl (C=O) groups excluding carboxylic acids is 1. The molecule has 0 aliphatic carbocycles. The molecular formula is C23H29ClF2N4O3. The monoisotopic (exact) mass is 482 g/mol. The van der Waals surface area contributed by atoms with Crippen LogP contribution in [0.5, 0.6) is 5.75 Å². The van der Waals surface area contributed by atoms with Gasteiger partial charge in [-0.15, -0.1) is 12.4 Å². The number of carbonyl (C=O) groups is 1. The first-order chi connectivity index (χ1) is 15.2. The largest absolute Gasteiger partial charge is 0.485 e. The molecule has 1 aromatic carbocycles. The minimum atomic E-state index is -0.696. The number of aryl methyl sites for hydroxylation is 1. The van der Waals surface area contributed by atoms with Gasteiger partial charge in [0.2, 0.25) is 0 Å². The van der Waals surface area contributed by atoms with Crippen molar-refractivity contribution in [3.05, 3.63) is 64.6 Å². The van der Waals surface area contributed by atoms with Crippen molar-refractivity contribution in [2.75, 3.05) is 13.7 Å². The van der Waals surface area contributed by atoms with Crippen molar-refractivity contribution in [3.63, 3.8) is 0 Å². The van der Waals surface area contributed by atoms with Crippen molar-refractivity contribution in [2.24, 2.45) is 5.73 Å². The van der Waals surface area contributed by atoms with Crippen molar-refractivity contribution < 1.29 is 23.0 Å². The summed E-state index contributed by atoms with van der Waals surface area (Å²) >= 11 is 0. The summed E-state index contributed by atoms with van der Waals surface area (Å²) in [6, 6.07) is 5.33. The number of fused-ring (bicyclic) bond motifs is 1. The highest BCUT2D eigenvalue weighted by Crippen LogP contribution is 2.26. The van der Waals surface area contributed by atoms with Crippen LogP contribution in [-0.4, -0.2) is 34.5 Å². The van der Waals surface area contributed by atoms with Crippen molar-refractivity contribution in [2.45, 2.75) is 45.9 Å². The molecule has 0 saturated carbocycles. The molecule has 3 rings (SSSR count). The third kappa shape index (κ3) is 5.98. The molecule has 7 nitrogen and oxygen atoms in total. The molecule has 0 spiro atoms. The predicted molar refractivity (Wildman–Crippen MR) is 124 cm³/mol. The van der Waals surface area contributed by atoms with Gasteiger partial charge in [-0.25, -0.2) is 13.8 Å². The summed E-state index contributed by atoms with van der Waals surface area (Å²) in [5.41, 5.74) is 7.23. The second-order valence-corrected chi connectivity index (χ2v) is 8.09. The highest BCUT2D eigenvalue weighted by atomic mass is 35.5. The number of amides is 1. The van der Waals surface area contributed by atoms with E-state index in [-0.39, 0.29) is 43.6 Å². The van der Waals surface area contributed by atoms with E-state index >= 15 is 0 Å². The maximum Gasteiger partial charge on any atom is 0.270 e. The smallest absolute Gasteiger partial charge is 0.270 e. The van der Waals surface area contributed by atoms with Crippen molar-refractivity contribution in [1.82, 2.24) is 14.7 Å². The van der Waals surface area contributed by atoms with Gasteiger partial charge in [0.1, 0.15) is 23.9 Å². The second kappa shape index (κ2) is 10.9. The van der Waals surface area contributed by atoms with E-state index < -0.39 is 17.2 Å². The lowest BCUT2D eigenvalue weighted by Gasteiger charge is -2.23. The average Bonchev–Trinajstić information content (AvgIpc) is 3.10. The normalized spacial score (nSPS) is 12.8. The second-order valence-electron chi connectivity index (χ2n) is 8.09. The van der Waals surface area contributed by atoms with Crippen molar-refractivity contribution in [1.29, 1.82) is 0 Å². The zero-order valence-electron chi connectivity index (χ0n) is 19.1. The molecule has 1 atom stereocenters. The van der Waals surface area contributed by atoms with E-state index in [0.29, 0.717) is 29.2 Å². The van der Waals surface area contributed by atoms with Crippen LogP contribution in [0.2, 0.25) is 0 Å². The van der Waals surface area contributed by atoms with Gasteiger partial charge in [0, 0.05) is 25.4 Å². The molecule has 10 heteroatoms. The summed E-state index contributed by atoms with van der Waals surface area (Å²) in [6.07, 6.45) is 2.43. The van der Waals surface area contributed by atoms with Crippen LogP contribution in [0.15, 0.2) is 30.5 Å². The van der Waals surface area contributed by atoms with Crippen LogP contribution in [0.4, 0.5) is 8.78 Å². The molecule has 33 heavy (non-hydrogen) atoms. The first-order valence-corrected chi connectivity index (χ1v) is 10.3. The molecule has 1 amide bonds. The highest BCUT2D eigenvalue weighted by molar-refractivity contribution is 5.95. The SMILES string of the molecule is CCC(C)(N)CNC(=O)c1c(COC)nc2c(OCc3c(F)cccc3F)cc(C)cn12.Cl. The van der Waals surface area contributed by atoms with Crippen LogP contribution in [0.1, 0.15) is 47.6 Å². The number of halogens is 3. The summed E-state index contributed by atoms with van der Waals surface area (Å²) < 4.78 is 40.6. The molecule has 2 aromatic heterocycles. The van der Waals surface area contributed by atoms with Gasteiger partial charge in [-0.3, -0.25) is 9.20 Å². The Kier molecular flexibility index (Phi) is 8.76. The number of ether oxygens (including phenoxy) is 2. The predicted octanol–water partition coefficient (Wildman–Crippen LogP) is 3.93. The fraction of sp³-hybridized carbons (Fsp3) is 0.391. The summed E-state index contributed by atoms with van der Waals surface area (Å²) in [5.74, 6) is -1.46. The van der Waals surface area contributed by atoms with Crippen LogP contribution in [-0.2, 0) is 18.0 Å². The van der Waals surface area contributed by atoms with Gasteiger partial charge in [-0.2, -0.15) is 0 Å². The summed E-state index contributed by atoms with van der Waals surface area (Å²) in [6.45, 7) is 5.68. The molecule has 3 aromatic rings. The van der Waals surface area contributed by atoms with Gasteiger partial charge in [0.25, 0.3) is 5.91 Å². The molecule has 0 bridgehead atoms. The zero-order chi connectivity index (χ0) is 23.5. The lowest BCUT2D eigenvalue weighted by atomic mass is 10.0. The number of rotatable bonds is 9. The molecule has 3 N–H and O–H groups in total. The van der Waals surface area contributed by atoms with Gasteiger partial charge in [0.05, 0.1) is 17.9 Å². The maximum atomic E-state index is 14.0. The zero-order valence-corrected chi connectivity index (χ0v) is 19.9. The third-order valence-electron chi connectivity index (χ3n) is 5.29. The molecule has 180 valence electrons. The third-order valence-corrected chi connectivity index (χ3v) is 5.29. The van der Waals surface area contributed by atoms with E-state index in [1.807, 2.05) is 20.8 Å². The van der Waals surface area contributed by atoms with Crippen LogP contribution in [0, 0.1) is 18.6 Å². The number of hydrogen-bond acceptors (Lipinski definition) is 5. The Morgan fingerprint density at radius 3 is 2.55 bits per heavy atom. The number of nitrogens with one attached hydrogen (secondary N) is 1. The van der Waals surface area contributed by atoms with Gasteiger partial charge in [-0.05, 0) is 44.0 Å². The fourth-order valence-electron chi connectivity index (χ4n) is 3.19. The van der Waals surface area contributed by atoms with Crippen LogP contribution in [0.25, 0.3) is 5.65 Å². The molecule has 0 aliphatic rings. The Hall–Kier alpha value is -2.75. The quantitative estimate of drug-likeness (QED) is 0.482. The standard InChI is InChI=1S/C23H28F2N4O3.ClH/c1-5-23(3,26)13-27-22(30)20-18(12-31-4)28-21-19(9-14(2)10-29(20)21)32-11-15-16(24)7-6-8-17(15)25;/h6-10H,5,11-13,26H2,1-4H3,(H,27,30);1H. The van der Waals surface area contributed by atoms with Crippen LogP contribution in [0.3, 0.4) is 0 Å². The summed E-state index contributed by atoms with van der Waals surface area (Å²) in [7, 11) is 1.50. The first-order valence-electron chi connectivity index (χ1n) is 10.3. The highest BCUT2D eigenvalue weighted by Gasteiger charge is 2.24. The number of aromatic nitrogens is 2. The fourth-order valence-corrected chi connectivity index (χ4v) is 3.19. The van der Waals surface area contributed by atoms with Crippen molar-refractivity contribution >= 4 is 24.0 Å². The van der Waals surface area contributed by atoms with E-state index in [1.54, 1.807) is 16.7 Å². The Morgan fingerprint density at radius 1 is 1.27 bits per heavy atom. The number of benzene rings is 1. The van der Waals surface area contributed by atoms with E-state index in [0.717, 1.165) is 5.56 Å². The lowest BCUT2D eigenvalue weighted by molar-refractivity contribution is 0.0933. The van der Waals surface area contributed by atoms with Gasteiger partial charge < -0.3 is 20.5 Å². The lowest BCUT2D eigenvalue weighted by Crippen LogP contribution is -2.47. The van der Waals surface area contributed by atoms with E-state index in [2.05, 4.69) is 10.3 Å². The maximum absolute atomic E-state index is 14.0. The Morgan fingerprint density at radius 2 is 1.94 bits per heavy atom. The number of imidazole rings is 1. The first kappa shape index (κ1) is 26.5. The van der Waals surface area contributed by atoms with E-state index in [4.69, 9.17) is 15.2 Å². The molecule has 0 saturated heterocycles. The van der Waals surface area contributed by atoms with Crippen molar-refractivity contribution in [3.8, 4) is 5.75 Å². The summed E-state index contributed by atoms with van der Waals surface area (Å²) in [5, 5.41) is 2.86. The van der Waals surface area contributed by atoms with Crippen LogP contribution < -0.4 is 15.8 Å². The Labute approximate surface area is 197 Å². The Balaban J connectivity index is 0.00000385. The topological polar surface area (TPSA) is 90.9 Å². The molecule has 1 unspecified atom stereocenters. The summed E-state index contributed by atoms with van der Waals surface area (Å²) in [4.78, 5) is 17.6. The molecule has 0 fully saturated rings. The van der Waals surface area contributed by atoms with E-state index in [1.165, 1.54) is 25.3 Å². The molecule has 0 radical (unpaired) electrons. The van der Waals surface area contributed by atoms with Gasteiger partial charge >= 0.3 is 0 Å². The Bertz CT molecular complexity index is 1110. The minimum Gasteiger partial charge on any atom is -0.485 e. The number of nitrogens with two attached hydrogens (primary N) is 1. The number of nitrogens with zero attached hydrogens (tertiary/aromatic N) is 2. The molecule has 2 heterocycles. The average molecular weight is 483 g/mol. The number of methoxy groups -OCH3 is 1. The van der Waals surface area contributed by atoms with E-state index in [9.17, 15) is 13.6 Å².